The lowest BCUT2D eigenvalue weighted by Gasteiger charge is -2.38. The van der Waals surface area contributed by atoms with E-state index in [9.17, 15) is 4.79 Å². The van der Waals surface area contributed by atoms with Crippen LogP contribution >= 0.6 is 0 Å². The zero-order valence-corrected chi connectivity index (χ0v) is 21.2. The molecule has 186 valence electrons. The summed E-state index contributed by atoms with van der Waals surface area (Å²) in [6, 6.07) is 14.1. The van der Waals surface area contributed by atoms with Gasteiger partial charge in [0.1, 0.15) is 11.4 Å². The van der Waals surface area contributed by atoms with Gasteiger partial charge in [0, 0.05) is 43.7 Å². The van der Waals surface area contributed by atoms with Crippen LogP contribution in [0.5, 0.6) is 0 Å². The Bertz CT molecular complexity index is 1360. The maximum absolute atomic E-state index is 13.4. The monoisotopic (exact) mass is 484 g/mol. The lowest BCUT2D eigenvalue weighted by molar-refractivity contribution is -0.0116. The lowest BCUT2D eigenvalue weighted by atomic mass is 9.82. The Morgan fingerprint density at radius 1 is 1.19 bits per heavy atom. The summed E-state index contributed by atoms with van der Waals surface area (Å²) in [5, 5.41) is 12.1. The molecule has 3 aromatic heterocycles. The summed E-state index contributed by atoms with van der Waals surface area (Å²) >= 11 is 0. The van der Waals surface area contributed by atoms with Crippen molar-refractivity contribution in [2.45, 2.75) is 39.7 Å². The smallest absolute Gasteiger partial charge is 0.270 e. The van der Waals surface area contributed by atoms with Gasteiger partial charge in [0.05, 0.1) is 18.0 Å². The summed E-state index contributed by atoms with van der Waals surface area (Å²) in [5.41, 5.74) is 5.98. The number of nitrogens with zero attached hydrogens (tertiary/aromatic N) is 5. The third-order valence-electron chi connectivity index (χ3n) is 6.94. The van der Waals surface area contributed by atoms with E-state index >= 15 is 0 Å². The molecule has 8 nitrogen and oxygen atoms in total. The molecule has 1 unspecified atom stereocenters. The van der Waals surface area contributed by atoms with E-state index in [-0.39, 0.29) is 17.4 Å². The molecule has 1 aromatic carbocycles. The molecular formula is C28H32N6O2. The molecule has 8 heteroatoms. The van der Waals surface area contributed by atoms with Crippen LogP contribution in [0, 0.1) is 12.3 Å². The van der Waals surface area contributed by atoms with Crippen molar-refractivity contribution in [3.05, 3.63) is 83.4 Å². The Labute approximate surface area is 211 Å². The molecule has 0 saturated carbocycles. The molecule has 4 aromatic rings. The molecule has 1 aliphatic heterocycles. The van der Waals surface area contributed by atoms with Crippen LogP contribution in [0.25, 0.3) is 17.1 Å². The van der Waals surface area contributed by atoms with Crippen molar-refractivity contribution in [1.29, 1.82) is 0 Å². The van der Waals surface area contributed by atoms with E-state index in [0.717, 1.165) is 40.2 Å². The number of amides is 1. The number of aryl methyl sites for hydroxylation is 1. The average molecular weight is 485 g/mol. The summed E-state index contributed by atoms with van der Waals surface area (Å²) in [6.45, 7) is 7.56. The number of aromatic nitrogens is 5. The number of hydrogen-bond donors (Lipinski definition) is 1. The predicted molar refractivity (Wildman–Crippen MR) is 138 cm³/mol. The number of carbonyl (C=O) groups is 1. The fourth-order valence-electron chi connectivity index (χ4n) is 4.69. The normalized spacial score (nSPS) is 17.2. The topological polar surface area (TPSA) is 86.9 Å². The first-order valence-corrected chi connectivity index (χ1v) is 12.3. The Balaban J connectivity index is 1.47. The lowest BCUT2D eigenvalue weighted by Crippen LogP contribution is -2.50. The molecular weight excluding hydrogens is 452 g/mol. The zero-order valence-electron chi connectivity index (χ0n) is 21.2. The minimum absolute atomic E-state index is 0.0263. The van der Waals surface area contributed by atoms with Crippen LogP contribution in [0.3, 0.4) is 0 Å². The van der Waals surface area contributed by atoms with E-state index in [2.05, 4.69) is 53.6 Å². The largest absolute Gasteiger partial charge is 0.381 e. The van der Waals surface area contributed by atoms with Gasteiger partial charge in [0.25, 0.3) is 5.91 Å². The van der Waals surface area contributed by atoms with Crippen LogP contribution in [-0.2, 0) is 18.2 Å². The number of hydrogen-bond acceptors (Lipinski definition) is 5. The molecule has 5 rings (SSSR count). The van der Waals surface area contributed by atoms with E-state index in [0.29, 0.717) is 25.3 Å². The summed E-state index contributed by atoms with van der Waals surface area (Å²) in [6.07, 6.45) is 7.04. The van der Waals surface area contributed by atoms with Crippen molar-refractivity contribution in [3.8, 4) is 17.1 Å². The number of pyridine rings is 1. The van der Waals surface area contributed by atoms with Gasteiger partial charge >= 0.3 is 0 Å². The molecule has 1 aliphatic rings. The number of nitrogens with one attached hydrogen (secondary N) is 1. The fraction of sp³-hybridized carbons (Fsp3) is 0.357. The second-order valence-electron chi connectivity index (χ2n) is 10.2. The zero-order chi connectivity index (χ0) is 25.3. The van der Waals surface area contributed by atoms with Crippen molar-refractivity contribution in [2.24, 2.45) is 12.5 Å². The third kappa shape index (κ3) is 4.95. The Morgan fingerprint density at radius 2 is 2.00 bits per heavy atom. The van der Waals surface area contributed by atoms with E-state index < -0.39 is 0 Å². The Kier molecular flexibility index (Phi) is 6.45. The minimum atomic E-state index is -0.164. The Hall–Kier alpha value is -3.78. The first-order chi connectivity index (χ1) is 17.3. The van der Waals surface area contributed by atoms with Crippen molar-refractivity contribution >= 4 is 5.91 Å². The van der Waals surface area contributed by atoms with Crippen LogP contribution in [-0.4, -0.2) is 49.7 Å². The minimum Gasteiger partial charge on any atom is -0.381 e. The molecule has 36 heavy (non-hydrogen) atoms. The third-order valence-corrected chi connectivity index (χ3v) is 6.94. The summed E-state index contributed by atoms with van der Waals surface area (Å²) in [5.74, 6) is -0.164. The van der Waals surface area contributed by atoms with E-state index in [1.54, 1.807) is 10.9 Å². The highest BCUT2D eigenvalue weighted by Crippen LogP contribution is 2.29. The quantitative estimate of drug-likeness (QED) is 0.445. The van der Waals surface area contributed by atoms with Gasteiger partial charge in [-0.05, 0) is 66.8 Å². The molecule has 0 spiro atoms. The van der Waals surface area contributed by atoms with Gasteiger partial charge in [0.2, 0.25) is 0 Å². The van der Waals surface area contributed by atoms with Gasteiger partial charge < -0.3 is 10.1 Å². The number of carbonyl (C=O) groups excluding carboxylic acids is 1. The molecule has 0 aliphatic carbocycles. The second kappa shape index (κ2) is 9.70. The maximum Gasteiger partial charge on any atom is 0.270 e. The van der Waals surface area contributed by atoms with E-state index in [1.807, 2.05) is 49.2 Å². The summed E-state index contributed by atoms with van der Waals surface area (Å²) in [7, 11) is 1.88. The highest BCUT2D eigenvalue weighted by atomic mass is 16.5. The first-order valence-electron chi connectivity index (χ1n) is 12.3. The van der Waals surface area contributed by atoms with Gasteiger partial charge in [-0.2, -0.15) is 10.2 Å². The van der Waals surface area contributed by atoms with Crippen molar-refractivity contribution in [1.82, 2.24) is 29.9 Å². The van der Waals surface area contributed by atoms with Crippen LogP contribution in [0.15, 0.2) is 61.1 Å². The van der Waals surface area contributed by atoms with Gasteiger partial charge in [-0.25, -0.2) is 9.67 Å². The van der Waals surface area contributed by atoms with Crippen LogP contribution < -0.4 is 5.32 Å². The maximum atomic E-state index is 13.4. The fourth-order valence-corrected chi connectivity index (χ4v) is 4.69. The highest BCUT2D eigenvalue weighted by Gasteiger charge is 2.34. The molecule has 0 bridgehead atoms. The van der Waals surface area contributed by atoms with Crippen LogP contribution in [0.4, 0.5) is 0 Å². The predicted octanol–water partition coefficient (Wildman–Crippen LogP) is 4.11. The highest BCUT2D eigenvalue weighted by molar-refractivity contribution is 5.93. The first kappa shape index (κ1) is 23.9. The van der Waals surface area contributed by atoms with E-state index in [1.165, 1.54) is 0 Å². The average Bonchev–Trinajstić information content (AvgIpc) is 3.54. The standard InChI is InChI=1S/C28H32N6O2/c1-19-21(16-20-6-8-22(9-7-20)34-13-5-12-29-34)17-24(30-26(19)23-10-14-33(4)32-23)27(35)31-25-11-15-36-18-28(25,2)3/h5-10,12-14,17,25H,11,15-16,18H2,1-4H3,(H,31,35). The SMILES string of the molecule is Cc1c(Cc2ccc(-n3cccn3)cc2)cc(C(=O)NC2CCOCC2(C)C)nc1-c1ccn(C)n1. The molecule has 4 heterocycles. The summed E-state index contributed by atoms with van der Waals surface area (Å²) < 4.78 is 9.22. The number of ether oxygens (including phenoxy) is 1. The summed E-state index contributed by atoms with van der Waals surface area (Å²) in [4.78, 5) is 18.2. The van der Waals surface area contributed by atoms with E-state index in [4.69, 9.17) is 9.72 Å². The van der Waals surface area contributed by atoms with Crippen LogP contribution in [0.2, 0.25) is 0 Å². The van der Waals surface area contributed by atoms with Gasteiger partial charge in [-0.15, -0.1) is 0 Å². The van der Waals surface area contributed by atoms with Crippen molar-refractivity contribution in [2.75, 3.05) is 13.2 Å². The van der Waals surface area contributed by atoms with Gasteiger partial charge in [-0.1, -0.05) is 26.0 Å². The number of rotatable bonds is 6. The van der Waals surface area contributed by atoms with Crippen molar-refractivity contribution < 1.29 is 9.53 Å². The van der Waals surface area contributed by atoms with Gasteiger partial charge in [-0.3, -0.25) is 9.48 Å². The molecule has 1 saturated heterocycles. The van der Waals surface area contributed by atoms with Crippen LogP contribution in [0.1, 0.15) is 47.4 Å². The van der Waals surface area contributed by atoms with Crippen molar-refractivity contribution in [3.63, 3.8) is 0 Å². The Morgan fingerprint density at radius 3 is 2.67 bits per heavy atom. The molecule has 1 N–H and O–H groups in total. The van der Waals surface area contributed by atoms with Gasteiger partial charge in [0.15, 0.2) is 0 Å². The molecule has 1 amide bonds. The molecule has 1 fully saturated rings. The molecule has 1 atom stereocenters. The molecule has 0 radical (unpaired) electrons. The number of benzene rings is 1. The second-order valence-corrected chi connectivity index (χ2v) is 10.2.